The van der Waals surface area contributed by atoms with Crippen LogP contribution in [0.1, 0.15) is 12.7 Å². The third-order valence-corrected chi connectivity index (χ3v) is 2.84. The van der Waals surface area contributed by atoms with E-state index in [0.717, 1.165) is 6.07 Å². The first kappa shape index (κ1) is 12.8. The molecule has 0 atom stereocenters. The van der Waals surface area contributed by atoms with Crippen molar-refractivity contribution < 1.29 is 13.5 Å². The maximum absolute atomic E-state index is 13.9. The lowest BCUT2D eigenvalue weighted by Gasteiger charge is -2.07. The van der Waals surface area contributed by atoms with E-state index in [0.29, 0.717) is 30.9 Å². The zero-order chi connectivity index (χ0) is 13.3. The minimum absolute atomic E-state index is 0.120. The van der Waals surface area contributed by atoms with Crippen LogP contribution in [0, 0.1) is 11.6 Å². The molecule has 4 nitrogen and oxygen atoms in total. The standard InChI is InChI=1S/C12H15F2N3O/c1-3-9-16-11-8(18-2)6-7(13)10(14)12(11)17(9)5-4-15/h6H,3-5,15H2,1-2H3. The number of ether oxygens (including phenoxy) is 1. The highest BCUT2D eigenvalue weighted by Crippen LogP contribution is 2.30. The second-order valence-corrected chi connectivity index (χ2v) is 3.89. The number of rotatable bonds is 4. The number of nitrogens with zero attached hydrogens (tertiary/aromatic N) is 2. The van der Waals surface area contributed by atoms with Crippen LogP contribution in [0.4, 0.5) is 8.78 Å². The molecule has 1 heterocycles. The van der Waals surface area contributed by atoms with Crippen molar-refractivity contribution >= 4 is 11.0 Å². The van der Waals surface area contributed by atoms with Gasteiger partial charge in [-0.3, -0.25) is 0 Å². The van der Waals surface area contributed by atoms with Gasteiger partial charge in [0.15, 0.2) is 11.6 Å². The Bertz CT molecular complexity index is 580. The molecule has 6 heteroatoms. The molecule has 0 radical (unpaired) electrons. The van der Waals surface area contributed by atoms with Crippen LogP contribution in [0.25, 0.3) is 11.0 Å². The number of nitrogens with two attached hydrogens (primary N) is 1. The second kappa shape index (κ2) is 4.89. The van der Waals surface area contributed by atoms with Crippen molar-refractivity contribution in [1.29, 1.82) is 0 Å². The monoisotopic (exact) mass is 255 g/mol. The number of methoxy groups -OCH3 is 1. The van der Waals surface area contributed by atoms with Crippen LogP contribution in [0.3, 0.4) is 0 Å². The molecule has 0 amide bonds. The fourth-order valence-corrected chi connectivity index (χ4v) is 2.05. The van der Waals surface area contributed by atoms with Crippen LogP contribution >= 0.6 is 0 Å². The largest absolute Gasteiger partial charge is 0.494 e. The van der Waals surface area contributed by atoms with Gasteiger partial charge in [0.1, 0.15) is 22.6 Å². The molecule has 2 N–H and O–H groups in total. The maximum Gasteiger partial charge on any atom is 0.184 e. The van der Waals surface area contributed by atoms with E-state index in [1.54, 1.807) is 4.57 Å². The minimum atomic E-state index is -0.944. The zero-order valence-electron chi connectivity index (χ0n) is 10.3. The van der Waals surface area contributed by atoms with Gasteiger partial charge in [-0.05, 0) is 0 Å². The Balaban J connectivity index is 2.83. The molecule has 0 spiro atoms. The van der Waals surface area contributed by atoms with Crippen molar-refractivity contribution in [2.45, 2.75) is 19.9 Å². The predicted octanol–water partition coefficient (Wildman–Crippen LogP) is 1.84. The van der Waals surface area contributed by atoms with E-state index >= 15 is 0 Å². The van der Waals surface area contributed by atoms with E-state index in [1.165, 1.54) is 7.11 Å². The van der Waals surface area contributed by atoms with E-state index in [2.05, 4.69) is 4.98 Å². The van der Waals surface area contributed by atoms with Crippen LogP contribution < -0.4 is 10.5 Å². The van der Waals surface area contributed by atoms with Gasteiger partial charge in [-0.1, -0.05) is 6.92 Å². The molecule has 2 aromatic rings. The van der Waals surface area contributed by atoms with Crippen molar-refractivity contribution in [1.82, 2.24) is 9.55 Å². The van der Waals surface area contributed by atoms with Crippen molar-refractivity contribution in [3.8, 4) is 5.75 Å². The highest BCUT2D eigenvalue weighted by molar-refractivity contribution is 5.83. The summed E-state index contributed by atoms with van der Waals surface area (Å²) in [4.78, 5) is 4.30. The summed E-state index contributed by atoms with van der Waals surface area (Å²) >= 11 is 0. The van der Waals surface area contributed by atoms with Gasteiger partial charge in [0, 0.05) is 25.6 Å². The van der Waals surface area contributed by atoms with Gasteiger partial charge in [0.05, 0.1) is 7.11 Å². The lowest BCUT2D eigenvalue weighted by atomic mass is 10.2. The summed E-state index contributed by atoms with van der Waals surface area (Å²) in [6.07, 6.45) is 0.610. The Labute approximate surface area is 103 Å². The topological polar surface area (TPSA) is 53.1 Å². The summed E-state index contributed by atoms with van der Waals surface area (Å²) in [5.41, 5.74) is 5.95. The molecule has 2 rings (SSSR count). The number of halogens is 2. The molecule has 0 saturated carbocycles. The van der Waals surface area contributed by atoms with Crippen LogP contribution in [-0.4, -0.2) is 23.2 Å². The second-order valence-electron chi connectivity index (χ2n) is 3.89. The smallest absolute Gasteiger partial charge is 0.184 e. The average molecular weight is 255 g/mol. The number of fused-ring (bicyclic) bond motifs is 1. The van der Waals surface area contributed by atoms with Crippen molar-refractivity contribution in [2.24, 2.45) is 5.73 Å². The summed E-state index contributed by atoms with van der Waals surface area (Å²) in [5, 5.41) is 0. The number of aryl methyl sites for hydroxylation is 1. The van der Waals surface area contributed by atoms with Crippen molar-refractivity contribution in [2.75, 3.05) is 13.7 Å². The van der Waals surface area contributed by atoms with E-state index in [-0.39, 0.29) is 11.3 Å². The average Bonchev–Trinajstić information content (AvgIpc) is 2.73. The van der Waals surface area contributed by atoms with E-state index in [9.17, 15) is 8.78 Å². The van der Waals surface area contributed by atoms with E-state index < -0.39 is 11.6 Å². The third-order valence-electron chi connectivity index (χ3n) is 2.84. The summed E-state index contributed by atoms with van der Waals surface area (Å²) in [6.45, 7) is 2.62. The molecule has 0 bridgehead atoms. The molecule has 1 aromatic carbocycles. The Morgan fingerprint density at radius 2 is 2.17 bits per heavy atom. The third kappa shape index (κ3) is 1.82. The maximum atomic E-state index is 13.9. The first-order valence-corrected chi connectivity index (χ1v) is 5.75. The SMILES string of the molecule is CCc1nc2c(OC)cc(F)c(F)c2n1CCN. The Morgan fingerprint density at radius 3 is 2.72 bits per heavy atom. The number of benzene rings is 1. The van der Waals surface area contributed by atoms with Gasteiger partial charge in [0.2, 0.25) is 0 Å². The molecule has 0 aliphatic rings. The van der Waals surface area contributed by atoms with Crippen molar-refractivity contribution in [3.05, 3.63) is 23.5 Å². The number of imidazole rings is 1. The number of aromatic nitrogens is 2. The fraction of sp³-hybridized carbons (Fsp3) is 0.417. The summed E-state index contributed by atoms with van der Waals surface area (Å²) < 4.78 is 34.1. The minimum Gasteiger partial charge on any atom is -0.494 e. The lowest BCUT2D eigenvalue weighted by molar-refractivity contribution is 0.411. The van der Waals surface area contributed by atoms with E-state index in [1.807, 2.05) is 6.92 Å². The number of hydrogen-bond donors (Lipinski definition) is 1. The zero-order valence-corrected chi connectivity index (χ0v) is 10.3. The molecule has 0 aliphatic heterocycles. The van der Waals surface area contributed by atoms with Gasteiger partial charge in [-0.15, -0.1) is 0 Å². The molecule has 0 aliphatic carbocycles. The summed E-state index contributed by atoms with van der Waals surface area (Å²) in [5.74, 6) is -0.959. The summed E-state index contributed by atoms with van der Waals surface area (Å²) in [6, 6.07) is 1.01. The molecular formula is C12H15F2N3O. The molecule has 0 fully saturated rings. The Morgan fingerprint density at radius 1 is 1.44 bits per heavy atom. The molecular weight excluding hydrogens is 240 g/mol. The van der Waals surface area contributed by atoms with Gasteiger partial charge in [-0.2, -0.15) is 0 Å². The van der Waals surface area contributed by atoms with Gasteiger partial charge >= 0.3 is 0 Å². The molecule has 0 saturated heterocycles. The molecule has 98 valence electrons. The van der Waals surface area contributed by atoms with Crippen LogP contribution in [-0.2, 0) is 13.0 Å². The Hall–Kier alpha value is -1.69. The normalized spacial score (nSPS) is 11.2. The van der Waals surface area contributed by atoms with Gasteiger partial charge in [-0.25, -0.2) is 13.8 Å². The van der Waals surface area contributed by atoms with Crippen LogP contribution in [0.5, 0.6) is 5.75 Å². The highest BCUT2D eigenvalue weighted by atomic mass is 19.2. The van der Waals surface area contributed by atoms with Gasteiger partial charge in [0.25, 0.3) is 0 Å². The predicted molar refractivity (Wildman–Crippen MR) is 64.6 cm³/mol. The molecule has 0 unspecified atom stereocenters. The van der Waals surface area contributed by atoms with Crippen LogP contribution in [0.15, 0.2) is 6.07 Å². The fourth-order valence-electron chi connectivity index (χ4n) is 2.05. The highest BCUT2D eigenvalue weighted by Gasteiger charge is 2.20. The summed E-state index contributed by atoms with van der Waals surface area (Å²) in [7, 11) is 1.40. The number of hydrogen-bond acceptors (Lipinski definition) is 3. The lowest BCUT2D eigenvalue weighted by Crippen LogP contribution is -2.13. The molecule has 1 aromatic heterocycles. The van der Waals surface area contributed by atoms with Gasteiger partial charge < -0.3 is 15.0 Å². The quantitative estimate of drug-likeness (QED) is 0.907. The van der Waals surface area contributed by atoms with Crippen molar-refractivity contribution in [3.63, 3.8) is 0 Å². The van der Waals surface area contributed by atoms with Crippen LogP contribution in [0.2, 0.25) is 0 Å². The first-order valence-electron chi connectivity index (χ1n) is 5.75. The first-order chi connectivity index (χ1) is 8.63. The Kier molecular flexibility index (Phi) is 3.47. The molecule has 18 heavy (non-hydrogen) atoms. The van der Waals surface area contributed by atoms with E-state index in [4.69, 9.17) is 10.5 Å².